The largest absolute Gasteiger partial charge is 0.377 e. The summed E-state index contributed by atoms with van der Waals surface area (Å²) in [7, 11) is -3.88. The van der Waals surface area contributed by atoms with Gasteiger partial charge in [0.1, 0.15) is 4.90 Å². The summed E-state index contributed by atoms with van der Waals surface area (Å²) >= 11 is 6.14. The quantitative estimate of drug-likeness (QED) is 0.650. The van der Waals surface area contributed by atoms with Crippen LogP contribution in [0.5, 0.6) is 0 Å². The number of piperidine rings is 1. The van der Waals surface area contributed by atoms with Gasteiger partial charge in [-0.1, -0.05) is 18.5 Å². The maximum Gasteiger partial charge on any atom is 0.253 e. The van der Waals surface area contributed by atoms with Crippen molar-refractivity contribution in [3.8, 4) is 0 Å². The van der Waals surface area contributed by atoms with Crippen LogP contribution in [0.1, 0.15) is 49.4 Å². The third-order valence-electron chi connectivity index (χ3n) is 5.39. The lowest BCUT2D eigenvalue weighted by Gasteiger charge is -2.33. The number of ether oxygens (including phenoxy) is 1. The number of amides is 2. The van der Waals surface area contributed by atoms with Crippen LogP contribution in [0.4, 0.5) is 0 Å². The second-order valence-corrected chi connectivity index (χ2v) is 9.79. The first-order valence-corrected chi connectivity index (χ1v) is 12.2. The van der Waals surface area contributed by atoms with Crippen LogP contribution in [0.15, 0.2) is 23.1 Å². The van der Waals surface area contributed by atoms with E-state index in [1.54, 1.807) is 11.8 Å². The van der Waals surface area contributed by atoms with E-state index in [2.05, 4.69) is 10.0 Å². The van der Waals surface area contributed by atoms with Gasteiger partial charge in [-0.25, -0.2) is 13.1 Å². The first-order valence-electron chi connectivity index (χ1n) is 10.3. The van der Waals surface area contributed by atoms with Gasteiger partial charge < -0.3 is 15.0 Å². The Labute approximate surface area is 182 Å². The van der Waals surface area contributed by atoms with Gasteiger partial charge in [0.25, 0.3) is 5.91 Å². The molecule has 30 heavy (non-hydrogen) atoms. The second-order valence-electron chi connectivity index (χ2n) is 7.64. The van der Waals surface area contributed by atoms with Crippen molar-refractivity contribution in [2.75, 3.05) is 26.2 Å². The van der Waals surface area contributed by atoms with Crippen LogP contribution in [0, 0.1) is 0 Å². The van der Waals surface area contributed by atoms with E-state index in [0.717, 1.165) is 25.7 Å². The Kier molecular flexibility index (Phi) is 7.73. The van der Waals surface area contributed by atoms with E-state index in [4.69, 9.17) is 16.3 Å². The molecule has 1 aromatic carbocycles. The summed E-state index contributed by atoms with van der Waals surface area (Å²) in [6.45, 7) is 3.53. The third-order valence-corrected chi connectivity index (χ3v) is 7.29. The molecule has 2 unspecified atom stereocenters. The molecule has 1 aromatic rings. The number of likely N-dealkylation sites (tertiary alicyclic amines) is 1. The van der Waals surface area contributed by atoms with Crippen LogP contribution in [0.2, 0.25) is 5.02 Å². The third kappa shape index (κ3) is 5.72. The molecule has 2 atom stereocenters. The lowest BCUT2D eigenvalue weighted by molar-refractivity contribution is -0.121. The molecule has 10 heteroatoms. The predicted molar refractivity (Wildman–Crippen MR) is 113 cm³/mol. The Morgan fingerprint density at radius 2 is 2.07 bits per heavy atom. The van der Waals surface area contributed by atoms with Crippen LogP contribution in [-0.2, 0) is 19.6 Å². The first kappa shape index (κ1) is 23.0. The lowest BCUT2D eigenvalue weighted by Crippen LogP contribution is -2.49. The highest BCUT2D eigenvalue weighted by atomic mass is 35.5. The Morgan fingerprint density at radius 1 is 1.27 bits per heavy atom. The molecule has 0 radical (unpaired) electrons. The average molecular weight is 458 g/mol. The number of rotatable bonds is 7. The summed E-state index contributed by atoms with van der Waals surface area (Å²) in [6.07, 6.45) is 3.53. The van der Waals surface area contributed by atoms with E-state index in [-0.39, 0.29) is 46.0 Å². The molecule has 2 aliphatic rings. The van der Waals surface area contributed by atoms with E-state index in [9.17, 15) is 18.0 Å². The number of sulfonamides is 1. The van der Waals surface area contributed by atoms with Crippen molar-refractivity contribution in [1.29, 1.82) is 0 Å². The SMILES string of the molecule is CCC(=O)NC1CCCN(C(=O)c2ccc(Cl)c(S(=O)(=O)NCC3CCCO3)c2)C1. The van der Waals surface area contributed by atoms with E-state index in [1.807, 2.05) is 0 Å². The highest BCUT2D eigenvalue weighted by Crippen LogP contribution is 2.24. The summed E-state index contributed by atoms with van der Waals surface area (Å²) in [5.74, 6) is -0.329. The van der Waals surface area contributed by atoms with Crippen molar-refractivity contribution in [2.45, 2.75) is 56.1 Å². The van der Waals surface area contributed by atoms with Gasteiger partial charge in [0.05, 0.1) is 11.1 Å². The van der Waals surface area contributed by atoms with Gasteiger partial charge in [0.2, 0.25) is 15.9 Å². The van der Waals surface area contributed by atoms with Gasteiger partial charge in [0, 0.05) is 44.3 Å². The summed E-state index contributed by atoms with van der Waals surface area (Å²) in [4.78, 5) is 26.2. The smallest absolute Gasteiger partial charge is 0.253 e. The van der Waals surface area contributed by atoms with E-state index >= 15 is 0 Å². The molecule has 0 bridgehead atoms. The van der Waals surface area contributed by atoms with Gasteiger partial charge in [-0.15, -0.1) is 0 Å². The van der Waals surface area contributed by atoms with Gasteiger partial charge in [-0.3, -0.25) is 9.59 Å². The van der Waals surface area contributed by atoms with Gasteiger partial charge in [-0.05, 0) is 43.9 Å². The van der Waals surface area contributed by atoms with Crippen molar-refractivity contribution in [3.05, 3.63) is 28.8 Å². The maximum atomic E-state index is 13.0. The summed E-state index contributed by atoms with van der Waals surface area (Å²) in [5.41, 5.74) is 0.249. The molecule has 2 amide bonds. The molecule has 2 heterocycles. The standard InChI is InChI=1S/C20H28ClN3O5S/c1-2-19(25)23-15-5-3-9-24(13-15)20(26)14-7-8-17(21)18(11-14)30(27,28)22-12-16-6-4-10-29-16/h7-8,11,15-16,22H,2-6,9-10,12-13H2,1H3,(H,23,25). The Balaban J connectivity index is 1.71. The lowest BCUT2D eigenvalue weighted by atomic mass is 10.0. The molecule has 8 nitrogen and oxygen atoms in total. The van der Waals surface area contributed by atoms with Crippen LogP contribution in [0.3, 0.4) is 0 Å². The van der Waals surface area contributed by atoms with Crippen LogP contribution in [-0.4, -0.2) is 63.5 Å². The minimum atomic E-state index is -3.88. The monoisotopic (exact) mass is 457 g/mol. The second kappa shape index (κ2) is 10.1. The fraction of sp³-hybridized carbons (Fsp3) is 0.600. The van der Waals surface area contributed by atoms with Crippen molar-refractivity contribution in [3.63, 3.8) is 0 Å². The zero-order valence-electron chi connectivity index (χ0n) is 17.0. The number of hydrogen-bond acceptors (Lipinski definition) is 5. The maximum absolute atomic E-state index is 13.0. The van der Waals surface area contributed by atoms with E-state index in [1.165, 1.54) is 18.2 Å². The molecule has 3 rings (SSSR count). The minimum Gasteiger partial charge on any atom is -0.377 e. The molecular formula is C20H28ClN3O5S. The first-order chi connectivity index (χ1) is 14.3. The van der Waals surface area contributed by atoms with Gasteiger partial charge in [0.15, 0.2) is 0 Å². The molecule has 166 valence electrons. The zero-order chi connectivity index (χ0) is 21.7. The molecule has 0 spiro atoms. The zero-order valence-corrected chi connectivity index (χ0v) is 18.6. The molecule has 0 aromatic heterocycles. The minimum absolute atomic E-state index is 0.0495. The molecule has 0 aliphatic carbocycles. The Bertz CT molecular complexity index is 886. The fourth-order valence-electron chi connectivity index (χ4n) is 3.72. The predicted octanol–water partition coefficient (Wildman–Crippen LogP) is 1.93. The Hall–Kier alpha value is -1.68. The van der Waals surface area contributed by atoms with Crippen molar-refractivity contribution < 1.29 is 22.7 Å². The summed E-state index contributed by atoms with van der Waals surface area (Å²) in [5, 5.41) is 2.98. The highest BCUT2D eigenvalue weighted by Gasteiger charge is 2.27. The van der Waals surface area contributed by atoms with Gasteiger partial charge in [-0.2, -0.15) is 0 Å². The molecule has 0 saturated carbocycles. The van der Waals surface area contributed by atoms with Crippen LogP contribution in [0.25, 0.3) is 0 Å². The molecule has 2 aliphatic heterocycles. The number of benzene rings is 1. The van der Waals surface area contributed by atoms with E-state index in [0.29, 0.717) is 26.1 Å². The summed E-state index contributed by atoms with van der Waals surface area (Å²) in [6, 6.07) is 4.17. The number of nitrogens with one attached hydrogen (secondary N) is 2. The average Bonchev–Trinajstić information content (AvgIpc) is 3.26. The molecular weight excluding hydrogens is 430 g/mol. The fourth-order valence-corrected chi connectivity index (χ4v) is 5.31. The highest BCUT2D eigenvalue weighted by molar-refractivity contribution is 7.89. The van der Waals surface area contributed by atoms with Gasteiger partial charge >= 0.3 is 0 Å². The summed E-state index contributed by atoms with van der Waals surface area (Å²) < 4.78 is 33.5. The number of carbonyl (C=O) groups is 2. The van der Waals surface area contributed by atoms with Crippen molar-refractivity contribution in [1.82, 2.24) is 14.9 Å². The number of hydrogen-bond donors (Lipinski definition) is 2. The van der Waals surface area contributed by atoms with Crippen LogP contribution >= 0.6 is 11.6 Å². The topological polar surface area (TPSA) is 105 Å². The van der Waals surface area contributed by atoms with Crippen molar-refractivity contribution >= 4 is 33.4 Å². The number of carbonyl (C=O) groups excluding carboxylic acids is 2. The van der Waals surface area contributed by atoms with Crippen LogP contribution < -0.4 is 10.0 Å². The molecule has 2 fully saturated rings. The molecule has 2 N–H and O–H groups in total. The molecule has 2 saturated heterocycles. The normalized spacial score (nSPS) is 22.1. The number of halogens is 1. The van der Waals surface area contributed by atoms with Crippen molar-refractivity contribution in [2.24, 2.45) is 0 Å². The number of nitrogens with zero attached hydrogens (tertiary/aromatic N) is 1. The Morgan fingerprint density at radius 3 is 2.77 bits per heavy atom. The van der Waals surface area contributed by atoms with E-state index < -0.39 is 10.0 Å².